The average Bonchev–Trinajstić information content (AvgIpc) is 2.27. The van der Waals surface area contributed by atoms with Crippen LogP contribution in [0, 0.1) is 0 Å². The number of carbonyl (C=O) groups excluding carboxylic acids is 1. The lowest BCUT2D eigenvalue weighted by molar-refractivity contribution is 0.0592. The zero-order valence-corrected chi connectivity index (χ0v) is 8.18. The average molecular weight is 211 g/mol. The number of esters is 1. The fraction of sp³-hybridized carbons (Fsp3) is 0.222. The highest BCUT2D eigenvalue weighted by molar-refractivity contribution is 5.93. The topological polar surface area (TPSA) is 85.7 Å². The SMILES string of the molecule is COC(=O)c1ccc(C(=O)O)nc1OC. The molecule has 0 aliphatic carbocycles. The van der Waals surface area contributed by atoms with Gasteiger partial charge in [-0.15, -0.1) is 0 Å². The van der Waals surface area contributed by atoms with Gasteiger partial charge in [0.15, 0.2) is 5.69 Å². The smallest absolute Gasteiger partial charge is 0.354 e. The Balaban J connectivity index is 3.20. The number of methoxy groups -OCH3 is 2. The zero-order chi connectivity index (χ0) is 11.4. The molecule has 0 bridgehead atoms. The van der Waals surface area contributed by atoms with Gasteiger partial charge in [-0.2, -0.15) is 0 Å². The van der Waals surface area contributed by atoms with Gasteiger partial charge in [-0.1, -0.05) is 0 Å². The molecule has 0 aliphatic heterocycles. The molecule has 0 aliphatic rings. The van der Waals surface area contributed by atoms with Crippen molar-refractivity contribution >= 4 is 11.9 Å². The van der Waals surface area contributed by atoms with Crippen molar-refractivity contribution in [3.63, 3.8) is 0 Å². The first kappa shape index (κ1) is 11.0. The van der Waals surface area contributed by atoms with Crippen molar-refractivity contribution in [3.05, 3.63) is 23.4 Å². The van der Waals surface area contributed by atoms with E-state index in [-0.39, 0.29) is 17.1 Å². The second-order valence-electron chi connectivity index (χ2n) is 2.55. The van der Waals surface area contributed by atoms with E-state index in [1.807, 2.05) is 0 Å². The lowest BCUT2D eigenvalue weighted by Gasteiger charge is -2.05. The number of hydrogen-bond donors (Lipinski definition) is 1. The highest BCUT2D eigenvalue weighted by Crippen LogP contribution is 2.16. The predicted octanol–water partition coefficient (Wildman–Crippen LogP) is 0.575. The number of pyridine rings is 1. The molecule has 0 amide bonds. The van der Waals surface area contributed by atoms with E-state index >= 15 is 0 Å². The van der Waals surface area contributed by atoms with Crippen LogP contribution in [0.1, 0.15) is 20.8 Å². The van der Waals surface area contributed by atoms with E-state index < -0.39 is 11.9 Å². The number of ether oxygens (including phenoxy) is 2. The van der Waals surface area contributed by atoms with Crippen LogP contribution in [0.3, 0.4) is 0 Å². The van der Waals surface area contributed by atoms with Crippen LogP contribution in [0.5, 0.6) is 5.88 Å². The summed E-state index contributed by atoms with van der Waals surface area (Å²) in [5.41, 5.74) is -0.107. The number of nitrogens with zero attached hydrogens (tertiary/aromatic N) is 1. The quantitative estimate of drug-likeness (QED) is 0.736. The number of rotatable bonds is 3. The van der Waals surface area contributed by atoms with Gasteiger partial charge in [-0.3, -0.25) is 0 Å². The Hall–Kier alpha value is -2.11. The zero-order valence-electron chi connectivity index (χ0n) is 8.18. The summed E-state index contributed by atoms with van der Waals surface area (Å²) in [5, 5.41) is 8.66. The molecule has 1 aromatic heterocycles. The summed E-state index contributed by atoms with van der Waals surface area (Å²) >= 11 is 0. The lowest BCUT2D eigenvalue weighted by Crippen LogP contribution is -2.08. The molecule has 0 radical (unpaired) electrons. The standard InChI is InChI=1S/C9H9NO5/c1-14-7-5(9(13)15-2)3-4-6(10-7)8(11)12/h3-4H,1-2H3,(H,11,12). The van der Waals surface area contributed by atoms with Crippen molar-refractivity contribution in [1.82, 2.24) is 4.98 Å². The molecular weight excluding hydrogens is 202 g/mol. The highest BCUT2D eigenvalue weighted by Gasteiger charge is 2.16. The second-order valence-corrected chi connectivity index (χ2v) is 2.55. The number of carboxylic acid groups (broad SMARTS) is 1. The lowest BCUT2D eigenvalue weighted by atomic mass is 10.2. The molecule has 0 unspecified atom stereocenters. The van der Waals surface area contributed by atoms with Gasteiger partial charge in [0.25, 0.3) is 0 Å². The Morgan fingerprint density at radius 2 is 2.00 bits per heavy atom. The third-order valence-electron chi connectivity index (χ3n) is 1.68. The van der Waals surface area contributed by atoms with Crippen molar-refractivity contribution < 1.29 is 24.2 Å². The maximum atomic E-state index is 11.2. The van der Waals surface area contributed by atoms with Crippen molar-refractivity contribution in [2.45, 2.75) is 0 Å². The minimum Gasteiger partial charge on any atom is -0.480 e. The molecule has 6 nitrogen and oxygen atoms in total. The number of aromatic nitrogens is 1. The van der Waals surface area contributed by atoms with Crippen LogP contribution in [0.4, 0.5) is 0 Å². The Labute approximate surface area is 85.5 Å². The molecule has 0 saturated heterocycles. The van der Waals surface area contributed by atoms with E-state index in [0.717, 1.165) is 0 Å². The summed E-state index contributed by atoms with van der Waals surface area (Å²) in [6.07, 6.45) is 0. The fourth-order valence-corrected chi connectivity index (χ4v) is 0.980. The van der Waals surface area contributed by atoms with E-state index in [2.05, 4.69) is 9.72 Å². The van der Waals surface area contributed by atoms with Crippen LogP contribution in [0.25, 0.3) is 0 Å². The van der Waals surface area contributed by atoms with Crippen LogP contribution < -0.4 is 4.74 Å². The molecule has 1 rings (SSSR count). The molecule has 0 spiro atoms. The first-order valence-corrected chi connectivity index (χ1v) is 3.96. The van der Waals surface area contributed by atoms with E-state index in [4.69, 9.17) is 9.84 Å². The fourth-order valence-electron chi connectivity index (χ4n) is 0.980. The van der Waals surface area contributed by atoms with Gasteiger partial charge in [0.05, 0.1) is 14.2 Å². The largest absolute Gasteiger partial charge is 0.480 e. The molecule has 1 aromatic rings. The summed E-state index contributed by atoms with van der Waals surface area (Å²) in [7, 11) is 2.51. The third-order valence-corrected chi connectivity index (χ3v) is 1.68. The molecule has 6 heteroatoms. The predicted molar refractivity (Wildman–Crippen MR) is 49.1 cm³/mol. The second kappa shape index (κ2) is 4.41. The summed E-state index contributed by atoms with van der Waals surface area (Å²) in [5.74, 6) is -1.89. The summed E-state index contributed by atoms with van der Waals surface area (Å²) in [4.78, 5) is 25.4. The van der Waals surface area contributed by atoms with E-state index in [1.165, 1.54) is 26.4 Å². The minimum atomic E-state index is -1.19. The highest BCUT2D eigenvalue weighted by atomic mass is 16.5. The van der Waals surface area contributed by atoms with Crippen LogP contribution in [0.15, 0.2) is 12.1 Å². The van der Waals surface area contributed by atoms with Crippen LogP contribution in [-0.2, 0) is 4.74 Å². The monoisotopic (exact) mass is 211 g/mol. The van der Waals surface area contributed by atoms with Crippen molar-refractivity contribution in [1.29, 1.82) is 0 Å². The maximum absolute atomic E-state index is 11.2. The number of carbonyl (C=O) groups is 2. The van der Waals surface area contributed by atoms with Crippen LogP contribution in [0.2, 0.25) is 0 Å². The van der Waals surface area contributed by atoms with Crippen molar-refractivity contribution in [3.8, 4) is 5.88 Å². The van der Waals surface area contributed by atoms with Gasteiger partial charge < -0.3 is 14.6 Å². The van der Waals surface area contributed by atoms with Crippen molar-refractivity contribution in [2.24, 2.45) is 0 Å². The van der Waals surface area contributed by atoms with Crippen LogP contribution >= 0.6 is 0 Å². The first-order chi connectivity index (χ1) is 7.10. The van der Waals surface area contributed by atoms with Crippen molar-refractivity contribution in [2.75, 3.05) is 14.2 Å². The normalized spacial score (nSPS) is 9.47. The first-order valence-electron chi connectivity index (χ1n) is 3.96. The molecule has 80 valence electrons. The van der Waals surface area contributed by atoms with Gasteiger partial charge in [-0.25, -0.2) is 14.6 Å². The Kier molecular flexibility index (Phi) is 3.22. The van der Waals surface area contributed by atoms with Gasteiger partial charge in [0.2, 0.25) is 5.88 Å². The van der Waals surface area contributed by atoms with Crippen LogP contribution in [-0.4, -0.2) is 36.2 Å². The maximum Gasteiger partial charge on any atom is 0.354 e. The molecule has 1 N–H and O–H groups in total. The van der Waals surface area contributed by atoms with Gasteiger partial charge in [0.1, 0.15) is 5.56 Å². The Morgan fingerprint density at radius 1 is 1.33 bits per heavy atom. The third kappa shape index (κ3) is 2.22. The number of hydrogen-bond acceptors (Lipinski definition) is 5. The van der Waals surface area contributed by atoms with E-state index in [0.29, 0.717) is 0 Å². The molecule has 0 fully saturated rings. The van der Waals surface area contributed by atoms with Gasteiger partial charge in [-0.05, 0) is 12.1 Å². The Bertz CT molecular complexity index is 401. The molecule has 15 heavy (non-hydrogen) atoms. The van der Waals surface area contributed by atoms with Gasteiger partial charge in [0, 0.05) is 0 Å². The molecule has 0 aromatic carbocycles. The molecular formula is C9H9NO5. The van der Waals surface area contributed by atoms with Gasteiger partial charge >= 0.3 is 11.9 Å². The summed E-state index contributed by atoms with van der Waals surface area (Å²) in [6, 6.07) is 2.50. The minimum absolute atomic E-state index is 0.0678. The number of carboxylic acids is 1. The van der Waals surface area contributed by atoms with E-state index in [9.17, 15) is 9.59 Å². The molecule has 0 saturated carbocycles. The van der Waals surface area contributed by atoms with E-state index in [1.54, 1.807) is 0 Å². The molecule has 0 atom stereocenters. The Morgan fingerprint density at radius 3 is 2.47 bits per heavy atom. The molecule has 1 heterocycles. The summed E-state index contributed by atoms with van der Waals surface area (Å²) < 4.78 is 9.26. The summed E-state index contributed by atoms with van der Waals surface area (Å²) in [6.45, 7) is 0. The number of aromatic carboxylic acids is 1.